The van der Waals surface area contributed by atoms with Gasteiger partial charge in [-0.15, -0.1) is 0 Å². The third-order valence-electron chi connectivity index (χ3n) is 2.33. The van der Waals surface area contributed by atoms with Gasteiger partial charge in [0, 0.05) is 5.33 Å². The Bertz CT molecular complexity index is 501. The highest BCUT2D eigenvalue weighted by Gasteiger charge is 2.01. The van der Waals surface area contributed by atoms with Crippen LogP contribution in [0, 0.1) is 0 Å². The Morgan fingerprint density at radius 2 is 2.20 bits per heavy atom. The number of unbranched alkanes of at least 4 members (excludes halogenated alkanes) is 1. The molecule has 1 N–H and O–H groups in total. The Hall–Kier alpha value is -1.03. The van der Waals surface area contributed by atoms with Gasteiger partial charge in [-0.05, 0) is 37.0 Å². The van der Waals surface area contributed by atoms with Gasteiger partial charge in [0.15, 0.2) is 5.58 Å². The predicted octanol–water partition coefficient (Wildman–Crippen LogP) is 2.84. The minimum atomic E-state index is -0.386. The lowest BCUT2D eigenvalue weighted by molar-refractivity contribution is 0.555. The van der Waals surface area contributed by atoms with Crippen LogP contribution in [-0.4, -0.2) is 10.3 Å². The summed E-state index contributed by atoms with van der Waals surface area (Å²) < 4.78 is 4.99. The number of aromatic nitrogens is 1. The zero-order chi connectivity index (χ0) is 10.7. The van der Waals surface area contributed by atoms with Crippen molar-refractivity contribution in [3.05, 3.63) is 34.3 Å². The standard InChI is InChI=1S/C11H12BrNO2/c12-6-2-1-3-8-4-5-9-10(7-8)15-11(14)13-9/h4-5,7H,1-3,6H2,(H,13,14). The molecule has 0 aliphatic rings. The number of nitrogens with one attached hydrogen (secondary N) is 1. The van der Waals surface area contributed by atoms with E-state index in [4.69, 9.17) is 4.42 Å². The fraction of sp³-hybridized carbons (Fsp3) is 0.364. The number of rotatable bonds is 4. The lowest BCUT2D eigenvalue weighted by atomic mass is 10.1. The SMILES string of the molecule is O=c1[nH]c2ccc(CCCCBr)cc2o1. The number of fused-ring (bicyclic) bond motifs is 1. The zero-order valence-corrected chi connectivity index (χ0v) is 9.84. The Labute approximate surface area is 95.6 Å². The fourth-order valence-electron chi connectivity index (χ4n) is 1.57. The van der Waals surface area contributed by atoms with Gasteiger partial charge in [0.25, 0.3) is 0 Å². The number of hydrogen-bond donors (Lipinski definition) is 1. The van der Waals surface area contributed by atoms with E-state index in [-0.39, 0.29) is 5.76 Å². The van der Waals surface area contributed by atoms with E-state index in [9.17, 15) is 4.79 Å². The molecule has 0 radical (unpaired) electrons. The van der Waals surface area contributed by atoms with Crippen molar-refractivity contribution in [3.63, 3.8) is 0 Å². The van der Waals surface area contributed by atoms with Crippen molar-refractivity contribution in [2.24, 2.45) is 0 Å². The van der Waals surface area contributed by atoms with Crippen molar-refractivity contribution in [2.45, 2.75) is 19.3 Å². The molecule has 0 atom stereocenters. The first kappa shape index (κ1) is 10.5. The van der Waals surface area contributed by atoms with Gasteiger partial charge in [-0.3, -0.25) is 4.98 Å². The Kier molecular flexibility index (Phi) is 3.26. The van der Waals surface area contributed by atoms with Crippen molar-refractivity contribution < 1.29 is 4.42 Å². The van der Waals surface area contributed by atoms with Gasteiger partial charge in [-0.1, -0.05) is 22.0 Å². The number of benzene rings is 1. The summed E-state index contributed by atoms with van der Waals surface area (Å²) in [5.41, 5.74) is 2.63. The second kappa shape index (κ2) is 4.66. The van der Waals surface area contributed by atoms with E-state index in [2.05, 4.69) is 20.9 Å². The van der Waals surface area contributed by atoms with E-state index in [1.54, 1.807) is 0 Å². The van der Waals surface area contributed by atoms with Crippen LogP contribution in [0.1, 0.15) is 18.4 Å². The maximum absolute atomic E-state index is 10.9. The molecule has 0 unspecified atom stereocenters. The number of halogens is 1. The minimum Gasteiger partial charge on any atom is -0.408 e. The van der Waals surface area contributed by atoms with Crippen LogP contribution in [0.3, 0.4) is 0 Å². The maximum atomic E-state index is 10.9. The van der Waals surface area contributed by atoms with Crippen molar-refractivity contribution in [1.29, 1.82) is 0 Å². The Morgan fingerprint density at radius 3 is 3.00 bits per heavy atom. The third kappa shape index (κ3) is 2.50. The summed E-state index contributed by atoms with van der Waals surface area (Å²) in [7, 11) is 0. The molecule has 4 heteroatoms. The number of hydrogen-bond acceptors (Lipinski definition) is 2. The van der Waals surface area contributed by atoms with E-state index >= 15 is 0 Å². The number of aryl methyl sites for hydroxylation is 1. The molecule has 0 bridgehead atoms. The largest absolute Gasteiger partial charge is 0.417 e. The van der Waals surface area contributed by atoms with Gasteiger partial charge in [0.05, 0.1) is 5.52 Å². The predicted molar refractivity (Wildman–Crippen MR) is 63.6 cm³/mol. The lowest BCUT2D eigenvalue weighted by Gasteiger charge is -1.99. The van der Waals surface area contributed by atoms with Crippen LogP contribution >= 0.6 is 15.9 Å². The van der Waals surface area contributed by atoms with Gasteiger partial charge >= 0.3 is 5.76 Å². The highest BCUT2D eigenvalue weighted by atomic mass is 79.9. The van der Waals surface area contributed by atoms with Crippen LogP contribution in [-0.2, 0) is 6.42 Å². The summed E-state index contributed by atoms with van der Waals surface area (Å²) in [4.78, 5) is 13.6. The van der Waals surface area contributed by atoms with Gasteiger partial charge in [0.1, 0.15) is 0 Å². The molecular formula is C11H12BrNO2. The van der Waals surface area contributed by atoms with Gasteiger partial charge in [-0.2, -0.15) is 0 Å². The summed E-state index contributed by atoms with van der Waals surface area (Å²) in [5, 5.41) is 1.04. The van der Waals surface area contributed by atoms with E-state index in [1.807, 2.05) is 18.2 Å². The molecule has 2 aromatic rings. The third-order valence-corrected chi connectivity index (χ3v) is 2.90. The average molecular weight is 270 g/mol. The second-order valence-corrected chi connectivity index (χ2v) is 4.28. The normalized spacial score (nSPS) is 11.0. The number of H-pyrrole nitrogens is 1. The summed E-state index contributed by atoms with van der Waals surface area (Å²) in [5.74, 6) is -0.386. The van der Waals surface area contributed by atoms with Crippen LogP contribution in [0.2, 0.25) is 0 Å². The molecule has 0 fully saturated rings. The Morgan fingerprint density at radius 1 is 1.33 bits per heavy atom. The highest BCUT2D eigenvalue weighted by Crippen LogP contribution is 2.14. The molecule has 0 aliphatic heterocycles. The molecule has 0 amide bonds. The summed E-state index contributed by atoms with van der Waals surface area (Å²) in [6, 6.07) is 5.85. The van der Waals surface area contributed by atoms with Crippen LogP contribution in [0.25, 0.3) is 11.1 Å². The van der Waals surface area contributed by atoms with E-state index in [0.29, 0.717) is 5.58 Å². The number of oxazole rings is 1. The van der Waals surface area contributed by atoms with E-state index in [1.165, 1.54) is 5.56 Å². The monoisotopic (exact) mass is 269 g/mol. The molecule has 0 spiro atoms. The molecule has 80 valence electrons. The summed E-state index contributed by atoms with van der Waals surface area (Å²) in [6.45, 7) is 0. The first-order valence-corrected chi connectivity index (χ1v) is 6.09. The van der Waals surface area contributed by atoms with Crippen molar-refractivity contribution >= 4 is 27.0 Å². The van der Waals surface area contributed by atoms with Crippen LogP contribution in [0.4, 0.5) is 0 Å². The molecule has 0 saturated heterocycles. The quantitative estimate of drug-likeness (QED) is 0.686. The lowest BCUT2D eigenvalue weighted by Crippen LogP contribution is -1.92. The molecule has 15 heavy (non-hydrogen) atoms. The fourth-order valence-corrected chi connectivity index (χ4v) is 1.97. The molecule has 0 saturated carbocycles. The van der Waals surface area contributed by atoms with Gasteiger partial charge in [-0.25, -0.2) is 4.79 Å². The van der Waals surface area contributed by atoms with Crippen molar-refractivity contribution in [3.8, 4) is 0 Å². The van der Waals surface area contributed by atoms with Gasteiger partial charge < -0.3 is 4.42 Å². The van der Waals surface area contributed by atoms with Crippen molar-refractivity contribution in [2.75, 3.05) is 5.33 Å². The average Bonchev–Trinajstić information content (AvgIpc) is 2.57. The molecule has 1 aromatic carbocycles. The Balaban J connectivity index is 2.19. The second-order valence-electron chi connectivity index (χ2n) is 3.49. The zero-order valence-electron chi connectivity index (χ0n) is 8.25. The van der Waals surface area contributed by atoms with E-state index < -0.39 is 0 Å². The summed E-state index contributed by atoms with van der Waals surface area (Å²) >= 11 is 3.40. The minimum absolute atomic E-state index is 0.386. The van der Waals surface area contributed by atoms with Crippen molar-refractivity contribution in [1.82, 2.24) is 4.98 Å². The first-order chi connectivity index (χ1) is 7.29. The topological polar surface area (TPSA) is 46.0 Å². The molecular weight excluding hydrogens is 258 g/mol. The number of alkyl halides is 1. The maximum Gasteiger partial charge on any atom is 0.417 e. The smallest absolute Gasteiger partial charge is 0.408 e. The molecule has 1 aromatic heterocycles. The first-order valence-electron chi connectivity index (χ1n) is 4.97. The summed E-state index contributed by atoms with van der Waals surface area (Å²) in [6.07, 6.45) is 3.33. The number of aromatic amines is 1. The molecule has 2 rings (SSSR count). The van der Waals surface area contributed by atoms with E-state index in [0.717, 1.165) is 30.1 Å². The molecule has 1 heterocycles. The highest BCUT2D eigenvalue weighted by molar-refractivity contribution is 9.09. The molecule has 3 nitrogen and oxygen atoms in total. The van der Waals surface area contributed by atoms with Gasteiger partial charge in [0.2, 0.25) is 0 Å². The van der Waals surface area contributed by atoms with Crippen LogP contribution in [0.15, 0.2) is 27.4 Å². The molecule has 0 aliphatic carbocycles. The van der Waals surface area contributed by atoms with Crippen LogP contribution in [0.5, 0.6) is 0 Å². The van der Waals surface area contributed by atoms with Crippen LogP contribution < -0.4 is 5.76 Å².